The summed E-state index contributed by atoms with van der Waals surface area (Å²) in [5, 5.41) is 4.20. The highest BCUT2D eigenvalue weighted by atomic mass is 19.1. The first-order chi connectivity index (χ1) is 9.76. The summed E-state index contributed by atoms with van der Waals surface area (Å²) in [6.45, 7) is 6.37. The second-order valence-corrected chi connectivity index (χ2v) is 4.76. The zero-order chi connectivity index (χ0) is 14.4. The molecule has 2 aromatic rings. The Morgan fingerprint density at radius 2 is 2.20 bits per heavy atom. The van der Waals surface area contributed by atoms with E-state index in [1.165, 1.54) is 6.07 Å². The molecule has 0 aliphatic heterocycles. The number of hydrogen-bond donors (Lipinski definition) is 1. The van der Waals surface area contributed by atoms with Gasteiger partial charge in [-0.05, 0) is 38.4 Å². The van der Waals surface area contributed by atoms with E-state index < -0.39 is 0 Å². The summed E-state index contributed by atoms with van der Waals surface area (Å²) in [5.41, 5.74) is 0.343. The summed E-state index contributed by atoms with van der Waals surface area (Å²) >= 11 is 0. The normalized spacial score (nSPS) is 12.9. The van der Waals surface area contributed by atoms with Crippen LogP contribution in [0.5, 0.6) is 0 Å². The fourth-order valence-corrected chi connectivity index (χ4v) is 2.34. The lowest BCUT2D eigenvalue weighted by Crippen LogP contribution is -2.20. The van der Waals surface area contributed by atoms with Crippen molar-refractivity contribution in [3.63, 3.8) is 0 Å². The van der Waals surface area contributed by atoms with Gasteiger partial charge < -0.3 is 14.5 Å². The SMILES string of the molecule is CCNC(CCCOCC)c1cc2cccc(F)c2o1. The van der Waals surface area contributed by atoms with Crippen LogP contribution in [0.25, 0.3) is 11.0 Å². The Labute approximate surface area is 119 Å². The minimum absolute atomic E-state index is 0.104. The Morgan fingerprint density at radius 1 is 1.35 bits per heavy atom. The maximum atomic E-state index is 13.7. The first-order valence-corrected chi connectivity index (χ1v) is 7.25. The number of furan rings is 1. The number of fused-ring (bicyclic) bond motifs is 1. The van der Waals surface area contributed by atoms with Crippen LogP contribution in [0.1, 0.15) is 38.5 Å². The third kappa shape index (κ3) is 3.58. The van der Waals surface area contributed by atoms with Crippen LogP contribution in [0, 0.1) is 5.82 Å². The second-order valence-electron chi connectivity index (χ2n) is 4.76. The van der Waals surface area contributed by atoms with Crippen LogP contribution in [0.3, 0.4) is 0 Å². The molecule has 0 spiro atoms. The van der Waals surface area contributed by atoms with Crippen LogP contribution >= 0.6 is 0 Å². The molecule has 2 rings (SSSR count). The van der Waals surface area contributed by atoms with Crippen molar-refractivity contribution in [3.8, 4) is 0 Å². The van der Waals surface area contributed by atoms with E-state index in [1.807, 2.05) is 19.1 Å². The van der Waals surface area contributed by atoms with Crippen molar-refractivity contribution < 1.29 is 13.5 Å². The topological polar surface area (TPSA) is 34.4 Å². The van der Waals surface area contributed by atoms with Gasteiger partial charge in [0.15, 0.2) is 11.4 Å². The third-order valence-electron chi connectivity index (χ3n) is 3.29. The Hall–Kier alpha value is -1.39. The molecule has 1 aromatic carbocycles. The molecule has 1 aromatic heterocycles. The van der Waals surface area contributed by atoms with Gasteiger partial charge in [0.25, 0.3) is 0 Å². The fraction of sp³-hybridized carbons (Fsp3) is 0.500. The highest BCUT2D eigenvalue weighted by Crippen LogP contribution is 2.28. The molecule has 0 saturated carbocycles. The second kappa shape index (κ2) is 7.41. The van der Waals surface area contributed by atoms with Gasteiger partial charge in [-0.3, -0.25) is 0 Å². The number of rotatable bonds is 8. The van der Waals surface area contributed by atoms with Gasteiger partial charge in [-0.2, -0.15) is 0 Å². The van der Waals surface area contributed by atoms with Crippen LogP contribution < -0.4 is 5.32 Å². The molecule has 4 heteroatoms. The minimum Gasteiger partial charge on any atom is -0.456 e. The van der Waals surface area contributed by atoms with Crippen molar-refractivity contribution in [1.29, 1.82) is 0 Å². The number of hydrogen-bond acceptors (Lipinski definition) is 3. The van der Waals surface area contributed by atoms with Gasteiger partial charge in [-0.15, -0.1) is 0 Å². The molecular formula is C16H22FNO2. The first-order valence-electron chi connectivity index (χ1n) is 7.25. The van der Waals surface area contributed by atoms with E-state index in [1.54, 1.807) is 6.07 Å². The van der Waals surface area contributed by atoms with Gasteiger partial charge in [-0.25, -0.2) is 4.39 Å². The highest BCUT2D eigenvalue weighted by Gasteiger charge is 2.16. The molecule has 1 heterocycles. The maximum absolute atomic E-state index is 13.7. The zero-order valence-electron chi connectivity index (χ0n) is 12.1. The van der Waals surface area contributed by atoms with Gasteiger partial charge in [-0.1, -0.05) is 19.1 Å². The first kappa shape index (κ1) is 15.0. The number of nitrogens with one attached hydrogen (secondary N) is 1. The number of benzene rings is 1. The van der Waals surface area contributed by atoms with Crippen molar-refractivity contribution >= 4 is 11.0 Å². The van der Waals surface area contributed by atoms with Crippen LogP contribution in [-0.4, -0.2) is 19.8 Å². The van der Waals surface area contributed by atoms with Gasteiger partial charge in [0.05, 0.1) is 6.04 Å². The molecular weight excluding hydrogens is 257 g/mol. The van der Waals surface area contributed by atoms with E-state index in [9.17, 15) is 4.39 Å². The number of ether oxygens (including phenoxy) is 1. The molecule has 0 saturated heterocycles. The highest BCUT2D eigenvalue weighted by molar-refractivity contribution is 5.78. The Bertz CT molecular complexity index is 538. The van der Waals surface area contributed by atoms with Crippen LogP contribution in [0.2, 0.25) is 0 Å². The Kier molecular flexibility index (Phi) is 5.56. The van der Waals surface area contributed by atoms with E-state index in [0.29, 0.717) is 5.58 Å². The van der Waals surface area contributed by atoms with Gasteiger partial charge >= 0.3 is 0 Å². The summed E-state index contributed by atoms with van der Waals surface area (Å²) in [6, 6.07) is 7.02. The van der Waals surface area contributed by atoms with Crippen molar-refractivity contribution in [1.82, 2.24) is 5.32 Å². The molecule has 0 fully saturated rings. The molecule has 0 aliphatic rings. The lowest BCUT2D eigenvalue weighted by Gasteiger charge is -2.15. The predicted octanol–water partition coefficient (Wildman–Crippen LogP) is 4.04. The molecule has 1 atom stereocenters. The van der Waals surface area contributed by atoms with Crippen molar-refractivity contribution in [2.24, 2.45) is 0 Å². The molecule has 110 valence electrons. The van der Waals surface area contributed by atoms with Gasteiger partial charge in [0.2, 0.25) is 0 Å². The Balaban J connectivity index is 2.12. The van der Waals surface area contributed by atoms with Gasteiger partial charge in [0.1, 0.15) is 5.76 Å². The molecule has 0 amide bonds. The lowest BCUT2D eigenvalue weighted by atomic mass is 10.1. The molecule has 0 aliphatic carbocycles. The maximum Gasteiger partial charge on any atom is 0.169 e. The third-order valence-corrected chi connectivity index (χ3v) is 3.29. The molecule has 1 N–H and O–H groups in total. The van der Waals surface area contributed by atoms with E-state index >= 15 is 0 Å². The van der Waals surface area contributed by atoms with Gasteiger partial charge in [0, 0.05) is 18.6 Å². The van der Waals surface area contributed by atoms with E-state index in [4.69, 9.17) is 9.15 Å². The van der Waals surface area contributed by atoms with Crippen molar-refractivity contribution in [2.45, 2.75) is 32.7 Å². The molecule has 3 nitrogen and oxygen atoms in total. The number of para-hydroxylation sites is 1. The van der Waals surface area contributed by atoms with E-state index in [2.05, 4.69) is 12.2 Å². The summed E-state index contributed by atoms with van der Waals surface area (Å²) in [4.78, 5) is 0. The lowest BCUT2D eigenvalue weighted by molar-refractivity contribution is 0.140. The average Bonchev–Trinajstić information content (AvgIpc) is 2.88. The van der Waals surface area contributed by atoms with Crippen LogP contribution in [-0.2, 0) is 4.74 Å². The predicted molar refractivity (Wildman–Crippen MR) is 78.3 cm³/mol. The molecule has 20 heavy (non-hydrogen) atoms. The van der Waals surface area contributed by atoms with E-state index in [-0.39, 0.29) is 11.9 Å². The zero-order valence-corrected chi connectivity index (χ0v) is 12.1. The van der Waals surface area contributed by atoms with Crippen molar-refractivity contribution in [2.75, 3.05) is 19.8 Å². The quantitative estimate of drug-likeness (QED) is 0.741. The summed E-state index contributed by atoms with van der Waals surface area (Å²) < 4.78 is 24.7. The van der Waals surface area contributed by atoms with Crippen LogP contribution in [0.15, 0.2) is 28.7 Å². The molecule has 1 unspecified atom stereocenters. The minimum atomic E-state index is -0.307. The summed E-state index contributed by atoms with van der Waals surface area (Å²) in [5.74, 6) is 0.488. The molecule has 0 radical (unpaired) electrons. The average molecular weight is 279 g/mol. The molecule has 0 bridgehead atoms. The fourth-order valence-electron chi connectivity index (χ4n) is 2.34. The van der Waals surface area contributed by atoms with Crippen LogP contribution in [0.4, 0.5) is 4.39 Å². The standard InChI is InChI=1S/C16H22FNO2/c1-3-18-14(9-6-10-19-4-2)15-11-12-7-5-8-13(17)16(12)20-15/h5,7-8,11,14,18H,3-4,6,9-10H2,1-2H3. The van der Waals surface area contributed by atoms with E-state index in [0.717, 1.165) is 43.7 Å². The van der Waals surface area contributed by atoms with Crippen molar-refractivity contribution in [3.05, 3.63) is 35.8 Å². The summed E-state index contributed by atoms with van der Waals surface area (Å²) in [6.07, 6.45) is 1.86. The Morgan fingerprint density at radius 3 is 2.90 bits per heavy atom. The monoisotopic (exact) mass is 279 g/mol. The smallest absolute Gasteiger partial charge is 0.169 e. The largest absolute Gasteiger partial charge is 0.456 e. The summed E-state index contributed by atoms with van der Waals surface area (Å²) in [7, 11) is 0. The number of halogens is 1.